The molecule has 0 aliphatic rings. The molecule has 0 aromatic heterocycles. The molecule has 0 rings (SSSR count). The molecule has 1 unspecified atom stereocenters. The number of carbonyl (C=O) groups is 2. The zero-order chi connectivity index (χ0) is 56.2. The molecule has 0 saturated carbocycles. The minimum absolute atomic E-state index is 0.124. The second-order valence-corrected chi connectivity index (χ2v) is 18.6. The Hall–Kier alpha value is -6.04. The first-order valence-corrected chi connectivity index (χ1v) is 29.9. The number of ether oxygens (including phenoxy) is 2. The predicted molar refractivity (Wildman–Crippen MR) is 342 cm³/mol. The van der Waals surface area contributed by atoms with Crippen molar-refractivity contribution in [3.63, 3.8) is 0 Å². The monoisotopic (exact) mass is 1060 g/mol. The summed E-state index contributed by atoms with van der Waals surface area (Å²) in [5.41, 5.74) is 0. The van der Waals surface area contributed by atoms with Gasteiger partial charge < -0.3 is 14.6 Å². The van der Waals surface area contributed by atoms with E-state index >= 15 is 0 Å². The Labute approximate surface area is 477 Å². The lowest BCUT2D eigenvalue weighted by Gasteiger charge is -2.15. The number of aliphatic hydroxyl groups is 1. The lowest BCUT2D eigenvalue weighted by molar-refractivity contribution is -0.161. The van der Waals surface area contributed by atoms with Crippen molar-refractivity contribution < 1.29 is 24.2 Å². The van der Waals surface area contributed by atoms with Gasteiger partial charge in [0.2, 0.25) is 0 Å². The molecule has 1 N–H and O–H groups in total. The minimum atomic E-state index is -0.830. The molecule has 1 atom stereocenters. The number of hydrogen-bond acceptors (Lipinski definition) is 5. The Morgan fingerprint density at radius 3 is 0.795 bits per heavy atom. The quantitative estimate of drug-likeness (QED) is 0.0373. The molecule has 428 valence electrons. The minimum Gasteiger partial charge on any atom is -0.462 e. The average molecular weight is 1060 g/mol. The first-order valence-electron chi connectivity index (χ1n) is 29.9. The van der Waals surface area contributed by atoms with E-state index in [2.05, 4.69) is 245 Å². The van der Waals surface area contributed by atoms with Gasteiger partial charge in [0.1, 0.15) is 6.61 Å². The molecule has 0 amide bonds. The first-order chi connectivity index (χ1) is 38.6. The van der Waals surface area contributed by atoms with E-state index in [1.807, 2.05) is 0 Å². The van der Waals surface area contributed by atoms with E-state index in [0.29, 0.717) is 12.8 Å². The van der Waals surface area contributed by atoms with E-state index in [-0.39, 0.29) is 31.6 Å². The van der Waals surface area contributed by atoms with Crippen LogP contribution in [0.2, 0.25) is 0 Å². The number of aliphatic hydroxyl groups excluding tert-OH is 1. The van der Waals surface area contributed by atoms with Gasteiger partial charge in [-0.25, -0.2) is 0 Å². The van der Waals surface area contributed by atoms with Gasteiger partial charge >= 0.3 is 11.9 Å². The van der Waals surface area contributed by atoms with Gasteiger partial charge in [0.25, 0.3) is 0 Å². The second kappa shape index (κ2) is 65.2. The standard InChI is InChI=1S/C73H106O5/c1-3-5-7-9-11-13-15-17-19-21-23-25-27-28-29-30-31-32-33-34-35-36-37-38-39-40-41-42-43-44-46-48-50-52-54-56-58-60-62-64-66-68-73(76)78-71(69-74)70-77-72(75)67-65-63-61-59-57-55-53-51-49-47-45-26-24-22-20-18-16-14-12-10-8-6-4-2/h5-8,11-14,17-20,23-26,28-29,31-32,34-35,37-38,40-41,43-44,47-50,53-56,59,61,71,74H,3-4,9-10,15-16,21-22,27,30,33,36,39,42,45-46,51-52,57-58,60,62-70H2,1-2H3/b7-5-,8-6-,13-11-,14-12-,19-17-,20-18-,25-23-,26-24-,29-28-,32-31-,35-34-,38-37-,41-40-,44-43-,49-47-,50-48-,55-53-,56-54-,61-59-. The third-order valence-electron chi connectivity index (χ3n) is 11.5. The van der Waals surface area contributed by atoms with Gasteiger partial charge in [0.05, 0.1) is 6.61 Å². The smallest absolute Gasteiger partial charge is 0.306 e. The van der Waals surface area contributed by atoms with Crippen molar-refractivity contribution in [1.82, 2.24) is 0 Å². The summed E-state index contributed by atoms with van der Waals surface area (Å²) in [5.74, 6) is -0.712. The Balaban J connectivity index is 3.76. The van der Waals surface area contributed by atoms with Crippen molar-refractivity contribution >= 4 is 11.9 Å². The van der Waals surface area contributed by atoms with Crippen LogP contribution < -0.4 is 0 Å². The molecule has 0 spiro atoms. The molecule has 5 heteroatoms. The zero-order valence-corrected chi connectivity index (χ0v) is 48.8. The van der Waals surface area contributed by atoms with E-state index in [4.69, 9.17) is 9.47 Å². The van der Waals surface area contributed by atoms with Gasteiger partial charge in [0.15, 0.2) is 6.10 Å². The summed E-state index contributed by atoms with van der Waals surface area (Å²) >= 11 is 0. The summed E-state index contributed by atoms with van der Waals surface area (Å²) in [4.78, 5) is 24.5. The lowest BCUT2D eigenvalue weighted by atomic mass is 10.1. The summed E-state index contributed by atoms with van der Waals surface area (Å²) in [5, 5.41) is 9.65. The van der Waals surface area contributed by atoms with Gasteiger partial charge in [-0.2, -0.15) is 0 Å². The van der Waals surface area contributed by atoms with E-state index in [1.165, 1.54) is 0 Å². The van der Waals surface area contributed by atoms with E-state index in [1.54, 1.807) is 0 Å². The van der Waals surface area contributed by atoms with Crippen LogP contribution >= 0.6 is 0 Å². The second-order valence-electron chi connectivity index (χ2n) is 18.6. The van der Waals surface area contributed by atoms with Crippen LogP contribution in [0.3, 0.4) is 0 Å². The molecule has 0 radical (unpaired) electrons. The maximum atomic E-state index is 12.3. The maximum Gasteiger partial charge on any atom is 0.306 e. The fraction of sp³-hybridized carbons (Fsp3) is 0.452. The van der Waals surface area contributed by atoms with Crippen molar-refractivity contribution in [2.24, 2.45) is 0 Å². The average Bonchev–Trinajstić information content (AvgIpc) is 3.44. The molecule has 0 fully saturated rings. The molecule has 0 heterocycles. The van der Waals surface area contributed by atoms with Crippen molar-refractivity contribution in [2.45, 2.75) is 200 Å². The van der Waals surface area contributed by atoms with Gasteiger partial charge in [-0.05, 0) is 154 Å². The molecule has 78 heavy (non-hydrogen) atoms. The SMILES string of the molecule is CC/C=C\C/C=C\C/C=C\C/C=C\C/C=C\C/C=C\C/C=C\C/C=C\C/C=C\C/C=C\C/C=C\C/C=C\CCCCCCC(=O)OC(CO)COC(=O)CCC/C=C\C/C=C\C/C=C\C/C=C\C/C=C\C/C=C\C/C=C\CC. The number of esters is 2. The molecule has 0 aliphatic heterocycles. The molecule has 0 saturated heterocycles. The Morgan fingerprint density at radius 2 is 0.526 bits per heavy atom. The predicted octanol–water partition coefficient (Wildman–Crippen LogP) is 21.0. The van der Waals surface area contributed by atoms with Gasteiger partial charge in [0, 0.05) is 12.8 Å². The zero-order valence-electron chi connectivity index (χ0n) is 48.8. The highest BCUT2D eigenvalue weighted by Crippen LogP contribution is 2.10. The van der Waals surface area contributed by atoms with Crippen LogP contribution in [0.1, 0.15) is 194 Å². The molecule has 0 aliphatic carbocycles. The largest absolute Gasteiger partial charge is 0.462 e. The van der Waals surface area contributed by atoms with Crippen LogP contribution in [0.25, 0.3) is 0 Å². The highest BCUT2D eigenvalue weighted by molar-refractivity contribution is 5.70. The van der Waals surface area contributed by atoms with E-state index in [9.17, 15) is 14.7 Å². The molecule has 5 nitrogen and oxygen atoms in total. The lowest BCUT2D eigenvalue weighted by Crippen LogP contribution is -2.28. The highest BCUT2D eigenvalue weighted by Gasteiger charge is 2.16. The van der Waals surface area contributed by atoms with Crippen LogP contribution in [0, 0.1) is 0 Å². The number of rotatable bonds is 51. The van der Waals surface area contributed by atoms with Crippen molar-refractivity contribution in [3.8, 4) is 0 Å². The Kier molecular flexibility index (Phi) is 60.2. The summed E-state index contributed by atoms with van der Waals surface area (Å²) in [6.45, 7) is 3.81. The van der Waals surface area contributed by atoms with Crippen LogP contribution in [0.15, 0.2) is 231 Å². The van der Waals surface area contributed by atoms with Crippen LogP contribution in [-0.2, 0) is 19.1 Å². The fourth-order valence-electron chi connectivity index (χ4n) is 7.05. The topological polar surface area (TPSA) is 72.8 Å². The van der Waals surface area contributed by atoms with Crippen molar-refractivity contribution in [2.75, 3.05) is 13.2 Å². The Bertz CT molecular complexity index is 1970. The van der Waals surface area contributed by atoms with Gasteiger partial charge in [-0.3, -0.25) is 9.59 Å². The van der Waals surface area contributed by atoms with Crippen molar-refractivity contribution in [1.29, 1.82) is 0 Å². The third-order valence-corrected chi connectivity index (χ3v) is 11.5. The summed E-state index contributed by atoms with van der Waals surface area (Å²) in [6.07, 6.45) is 109. The summed E-state index contributed by atoms with van der Waals surface area (Å²) in [7, 11) is 0. The van der Waals surface area contributed by atoms with Crippen LogP contribution in [0.5, 0.6) is 0 Å². The molecule has 0 aromatic carbocycles. The van der Waals surface area contributed by atoms with E-state index in [0.717, 1.165) is 161 Å². The first kappa shape index (κ1) is 72.0. The van der Waals surface area contributed by atoms with Crippen LogP contribution in [0.4, 0.5) is 0 Å². The van der Waals surface area contributed by atoms with Crippen LogP contribution in [-0.4, -0.2) is 36.4 Å². The molecule has 0 bridgehead atoms. The number of hydrogen-bond donors (Lipinski definition) is 1. The van der Waals surface area contributed by atoms with Gasteiger partial charge in [-0.1, -0.05) is 258 Å². The maximum absolute atomic E-state index is 12.3. The summed E-state index contributed by atoms with van der Waals surface area (Å²) in [6, 6.07) is 0. The fourth-order valence-corrected chi connectivity index (χ4v) is 7.05. The van der Waals surface area contributed by atoms with Gasteiger partial charge in [-0.15, -0.1) is 0 Å². The molecule has 0 aromatic rings. The highest BCUT2D eigenvalue weighted by atomic mass is 16.6. The number of carbonyl (C=O) groups excluding carboxylic acids is 2. The molecular formula is C73H106O5. The normalized spacial score (nSPS) is 13.9. The Morgan fingerprint density at radius 1 is 0.295 bits per heavy atom. The summed E-state index contributed by atoms with van der Waals surface area (Å²) < 4.78 is 10.6. The van der Waals surface area contributed by atoms with Crippen molar-refractivity contribution in [3.05, 3.63) is 231 Å². The molecular weight excluding hydrogens is 957 g/mol. The number of unbranched alkanes of at least 4 members (excludes halogenated alkanes) is 5. The number of allylic oxidation sites excluding steroid dienone is 38. The van der Waals surface area contributed by atoms with E-state index < -0.39 is 6.10 Å². The third kappa shape index (κ3) is 62.5.